The van der Waals surface area contributed by atoms with E-state index < -0.39 is 0 Å². The molecule has 0 saturated heterocycles. The van der Waals surface area contributed by atoms with Gasteiger partial charge in [-0.05, 0) is 31.7 Å². The van der Waals surface area contributed by atoms with Crippen LogP contribution in [0.4, 0.5) is 10.1 Å². The third-order valence-electron chi connectivity index (χ3n) is 1.81. The van der Waals surface area contributed by atoms with Gasteiger partial charge in [0.2, 0.25) is 0 Å². The first-order chi connectivity index (χ1) is 6.24. The number of nitrogens with one attached hydrogen (secondary N) is 2. The van der Waals surface area contributed by atoms with Crippen molar-refractivity contribution in [3.63, 3.8) is 0 Å². The van der Waals surface area contributed by atoms with Crippen molar-refractivity contribution >= 4 is 5.69 Å². The zero-order valence-electron chi connectivity index (χ0n) is 8.02. The van der Waals surface area contributed by atoms with Gasteiger partial charge in [0.05, 0.1) is 5.69 Å². The fourth-order valence-electron chi connectivity index (χ4n) is 1.10. The standard InChI is InChI=1S/C10H15FN2/c1-8-3-4-9(11)10(7-8)13-6-5-12-2/h3-4,7,12-13H,5-6H2,1-2H3. The minimum atomic E-state index is -0.193. The van der Waals surface area contributed by atoms with Crippen LogP contribution in [0.1, 0.15) is 5.56 Å². The van der Waals surface area contributed by atoms with Crippen LogP contribution in [0.25, 0.3) is 0 Å². The molecular formula is C10H15FN2. The molecule has 0 fully saturated rings. The first kappa shape index (κ1) is 9.99. The van der Waals surface area contributed by atoms with Gasteiger partial charge in [-0.2, -0.15) is 0 Å². The van der Waals surface area contributed by atoms with Crippen LogP contribution in [0.5, 0.6) is 0 Å². The van der Waals surface area contributed by atoms with Crippen molar-refractivity contribution in [3.05, 3.63) is 29.6 Å². The Morgan fingerprint density at radius 1 is 1.31 bits per heavy atom. The summed E-state index contributed by atoms with van der Waals surface area (Å²) in [6, 6.07) is 5.06. The molecule has 1 aromatic rings. The van der Waals surface area contributed by atoms with Crippen LogP contribution in [0.15, 0.2) is 18.2 Å². The first-order valence-electron chi connectivity index (χ1n) is 4.38. The van der Waals surface area contributed by atoms with Gasteiger partial charge in [-0.3, -0.25) is 0 Å². The quantitative estimate of drug-likeness (QED) is 0.693. The molecule has 0 saturated carbocycles. The van der Waals surface area contributed by atoms with E-state index in [1.165, 1.54) is 6.07 Å². The second-order valence-electron chi connectivity index (χ2n) is 3.01. The third kappa shape index (κ3) is 3.03. The number of hydrogen-bond donors (Lipinski definition) is 2. The number of rotatable bonds is 4. The smallest absolute Gasteiger partial charge is 0.146 e. The van der Waals surface area contributed by atoms with Gasteiger partial charge < -0.3 is 10.6 Å². The largest absolute Gasteiger partial charge is 0.381 e. The van der Waals surface area contributed by atoms with Gasteiger partial charge >= 0.3 is 0 Å². The van der Waals surface area contributed by atoms with Crippen molar-refractivity contribution in [2.45, 2.75) is 6.92 Å². The van der Waals surface area contributed by atoms with E-state index >= 15 is 0 Å². The average molecular weight is 182 g/mol. The lowest BCUT2D eigenvalue weighted by Gasteiger charge is -2.07. The number of likely N-dealkylation sites (N-methyl/N-ethyl adjacent to an activating group) is 1. The SMILES string of the molecule is CNCCNc1cc(C)ccc1F. The Morgan fingerprint density at radius 2 is 2.08 bits per heavy atom. The molecule has 0 aliphatic rings. The van der Waals surface area contributed by atoms with Crippen molar-refractivity contribution in [2.75, 3.05) is 25.5 Å². The fourth-order valence-corrected chi connectivity index (χ4v) is 1.10. The molecule has 13 heavy (non-hydrogen) atoms. The molecule has 0 unspecified atom stereocenters. The fraction of sp³-hybridized carbons (Fsp3) is 0.400. The van der Waals surface area contributed by atoms with Crippen LogP contribution < -0.4 is 10.6 Å². The lowest BCUT2D eigenvalue weighted by molar-refractivity contribution is 0.629. The molecule has 0 bridgehead atoms. The van der Waals surface area contributed by atoms with E-state index in [9.17, 15) is 4.39 Å². The monoisotopic (exact) mass is 182 g/mol. The predicted octanol–water partition coefficient (Wildman–Crippen LogP) is 1.77. The summed E-state index contributed by atoms with van der Waals surface area (Å²) in [7, 11) is 1.87. The van der Waals surface area contributed by atoms with E-state index in [1.54, 1.807) is 6.07 Å². The van der Waals surface area contributed by atoms with Crippen molar-refractivity contribution in [3.8, 4) is 0 Å². The minimum absolute atomic E-state index is 0.193. The molecule has 0 aliphatic carbocycles. The Bertz CT molecular complexity index is 274. The highest BCUT2D eigenvalue weighted by Crippen LogP contribution is 2.14. The molecule has 72 valence electrons. The Kier molecular flexibility index (Phi) is 3.71. The molecule has 0 spiro atoms. The van der Waals surface area contributed by atoms with Crippen molar-refractivity contribution in [2.24, 2.45) is 0 Å². The van der Waals surface area contributed by atoms with Crippen LogP contribution in [0.3, 0.4) is 0 Å². The molecule has 0 radical (unpaired) electrons. The van der Waals surface area contributed by atoms with Gasteiger partial charge in [0.15, 0.2) is 0 Å². The van der Waals surface area contributed by atoms with E-state index in [4.69, 9.17) is 0 Å². The molecule has 2 nitrogen and oxygen atoms in total. The van der Waals surface area contributed by atoms with Crippen LogP contribution in [0, 0.1) is 12.7 Å². The molecule has 0 amide bonds. The molecule has 1 rings (SSSR count). The summed E-state index contributed by atoms with van der Waals surface area (Å²) in [6.07, 6.45) is 0. The first-order valence-corrected chi connectivity index (χ1v) is 4.38. The maximum absolute atomic E-state index is 13.1. The number of hydrogen-bond acceptors (Lipinski definition) is 2. The Hall–Kier alpha value is -1.09. The Labute approximate surface area is 78.2 Å². The van der Waals surface area contributed by atoms with Gasteiger partial charge in [0, 0.05) is 13.1 Å². The molecule has 3 heteroatoms. The average Bonchev–Trinajstić information content (AvgIpc) is 2.11. The number of benzene rings is 1. The van der Waals surface area contributed by atoms with E-state index in [-0.39, 0.29) is 5.82 Å². The second-order valence-corrected chi connectivity index (χ2v) is 3.01. The van der Waals surface area contributed by atoms with Gasteiger partial charge in [0.1, 0.15) is 5.82 Å². The highest BCUT2D eigenvalue weighted by molar-refractivity contribution is 5.46. The maximum Gasteiger partial charge on any atom is 0.146 e. The number of aryl methyl sites for hydroxylation is 1. The summed E-state index contributed by atoms with van der Waals surface area (Å²) < 4.78 is 13.1. The van der Waals surface area contributed by atoms with Crippen LogP contribution in [0.2, 0.25) is 0 Å². The molecule has 0 atom stereocenters. The Balaban J connectivity index is 2.59. The number of halogens is 1. The molecule has 1 aromatic carbocycles. The number of anilines is 1. The summed E-state index contributed by atoms with van der Waals surface area (Å²) in [5, 5.41) is 6.00. The summed E-state index contributed by atoms with van der Waals surface area (Å²) in [5.41, 5.74) is 1.64. The van der Waals surface area contributed by atoms with Gasteiger partial charge in [0.25, 0.3) is 0 Å². The van der Waals surface area contributed by atoms with Crippen molar-refractivity contribution < 1.29 is 4.39 Å². The lowest BCUT2D eigenvalue weighted by atomic mass is 10.2. The maximum atomic E-state index is 13.1. The Morgan fingerprint density at radius 3 is 2.77 bits per heavy atom. The summed E-state index contributed by atoms with van der Waals surface area (Å²) in [4.78, 5) is 0. The highest BCUT2D eigenvalue weighted by atomic mass is 19.1. The van der Waals surface area contributed by atoms with Gasteiger partial charge in [-0.1, -0.05) is 6.07 Å². The van der Waals surface area contributed by atoms with Crippen LogP contribution in [-0.2, 0) is 0 Å². The summed E-state index contributed by atoms with van der Waals surface area (Å²) in [6.45, 7) is 3.51. The van der Waals surface area contributed by atoms with E-state index in [1.807, 2.05) is 20.0 Å². The zero-order chi connectivity index (χ0) is 9.68. The van der Waals surface area contributed by atoms with Crippen molar-refractivity contribution in [1.29, 1.82) is 0 Å². The van der Waals surface area contributed by atoms with Gasteiger partial charge in [-0.15, -0.1) is 0 Å². The highest BCUT2D eigenvalue weighted by Gasteiger charge is 1.99. The summed E-state index contributed by atoms with van der Waals surface area (Å²) >= 11 is 0. The van der Waals surface area contributed by atoms with Gasteiger partial charge in [-0.25, -0.2) is 4.39 Å². The molecule has 0 aliphatic heterocycles. The van der Waals surface area contributed by atoms with Crippen LogP contribution in [-0.4, -0.2) is 20.1 Å². The van der Waals surface area contributed by atoms with Crippen LogP contribution >= 0.6 is 0 Å². The minimum Gasteiger partial charge on any atom is -0.381 e. The topological polar surface area (TPSA) is 24.1 Å². The molecule has 2 N–H and O–H groups in total. The normalized spacial score (nSPS) is 10.1. The molecular weight excluding hydrogens is 167 g/mol. The van der Waals surface area contributed by atoms with E-state index in [2.05, 4.69) is 10.6 Å². The molecule has 0 heterocycles. The van der Waals surface area contributed by atoms with Crippen molar-refractivity contribution in [1.82, 2.24) is 5.32 Å². The predicted molar refractivity (Wildman–Crippen MR) is 53.6 cm³/mol. The second kappa shape index (κ2) is 4.82. The lowest BCUT2D eigenvalue weighted by Crippen LogP contribution is -2.18. The molecule has 0 aromatic heterocycles. The zero-order valence-corrected chi connectivity index (χ0v) is 8.02. The summed E-state index contributed by atoms with van der Waals surface area (Å²) in [5.74, 6) is -0.193. The van der Waals surface area contributed by atoms with E-state index in [0.717, 1.165) is 18.7 Å². The van der Waals surface area contributed by atoms with E-state index in [0.29, 0.717) is 5.69 Å². The third-order valence-corrected chi connectivity index (χ3v) is 1.81.